The number of hydrogen-bond donors (Lipinski definition) is 1. The number of halogens is 7. The average molecular weight is 476 g/mol. The highest BCUT2D eigenvalue weighted by molar-refractivity contribution is 6.31. The molecular formula is C19H21Cl3F4N2O. The Bertz CT molecular complexity index is 797. The molecule has 0 spiro atoms. The highest BCUT2D eigenvalue weighted by Crippen LogP contribution is 2.37. The van der Waals surface area contributed by atoms with Gasteiger partial charge in [0.15, 0.2) is 0 Å². The Kier molecular flexibility index (Phi) is 9.50. The number of piperazine rings is 1. The Hall–Kier alpha value is -1.25. The zero-order valence-electron chi connectivity index (χ0n) is 15.4. The van der Waals surface area contributed by atoms with Gasteiger partial charge in [-0.05, 0) is 36.2 Å². The van der Waals surface area contributed by atoms with Crippen LogP contribution in [0.3, 0.4) is 0 Å². The van der Waals surface area contributed by atoms with Gasteiger partial charge in [-0.3, -0.25) is 4.90 Å². The Morgan fingerprint density at radius 3 is 2.17 bits per heavy atom. The second-order valence-electron chi connectivity index (χ2n) is 6.40. The first-order chi connectivity index (χ1) is 12.8. The number of rotatable bonds is 4. The monoisotopic (exact) mass is 474 g/mol. The molecule has 0 radical (unpaired) electrons. The first-order valence-corrected chi connectivity index (χ1v) is 8.89. The van der Waals surface area contributed by atoms with Crippen LogP contribution in [0.25, 0.3) is 0 Å². The first-order valence-electron chi connectivity index (χ1n) is 8.51. The fourth-order valence-electron chi connectivity index (χ4n) is 3.28. The highest BCUT2D eigenvalue weighted by atomic mass is 35.5. The maximum absolute atomic E-state index is 15.0. The molecule has 1 fully saturated rings. The molecule has 2 aromatic carbocycles. The molecule has 1 aliphatic rings. The van der Waals surface area contributed by atoms with E-state index in [2.05, 4.69) is 15.0 Å². The smallest absolute Gasteiger partial charge is 0.406 e. The van der Waals surface area contributed by atoms with Crippen LogP contribution in [0.1, 0.15) is 22.7 Å². The maximum Gasteiger partial charge on any atom is 0.573 e. The maximum atomic E-state index is 15.0. The standard InChI is InChI=1S/C19H19ClF4N2O.2ClH/c1-12-2-7-15(20)16(17(12)21)18(26-10-8-25-9-11-26)13-3-5-14(6-4-13)27-19(22,23)24;;/h2-7,18,25H,8-11H2,1H3;2*1H/t18-;;/m0../s1. The lowest BCUT2D eigenvalue weighted by Crippen LogP contribution is -2.45. The summed E-state index contributed by atoms with van der Waals surface area (Å²) >= 11 is 6.33. The van der Waals surface area contributed by atoms with Crippen LogP contribution in [0.4, 0.5) is 17.6 Å². The topological polar surface area (TPSA) is 24.5 Å². The van der Waals surface area contributed by atoms with E-state index < -0.39 is 18.2 Å². The summed E-state index contributed by atoms with van der Waals surface area (Å²) in [7, 11) is 0. The molecule has 0 unspecified atom stereocenters. The van der Waals surface area contributed by atoms with E-state index in [1.807, 2.05) is 0 Å². The van der Waals surface area contributed by atoms with Crippen LogP contribution >= 0.6 is 36.4 Å². The average Bonchev–Trinajstić information content (AvgIpc) is 2.62. The molecule has 162 valence electrons. The van der Waals surface area contributed by atoms with Crippen molar-refractivity contribution in [2.75, 3.05) is 26.2 Å². The molecule has 1 aliphatic heterocycles. The van der Waals surface area contributed by atoms with E-state index in [9.17, 15) is 17.6 Å². The Morgan fingerprint density at radius 1 is 1.03 bits per heavy atom. The predicted octanol–water partition coefficient (Wildman–Crippen LogP) is 5.52. The van der Waals surface area contributed by atoms with E-state index in [-0.39, 0.29) is 35.6 Å². The zero-order chi connectivity index (χ0) is 19.6. The van der Waals surface area contributed by atoms with Crippen molar-refractivity contribution in [2.24, 2.45) is 0 Å². The summed E-state index contributed by atoms with van der Waals surface area (Å²) in [4.78, 5) is 2.07. The summed E-state index contributed by atoms with van der Waals surface area (Å²) in [5.41, 5.74) is 1.45. The second kappa shape index (κ2) is 10.7. The van der Waals surface area contributed by atoms with Crippen molar-refractivity contribution in [3.05, 3.63) is 63.9 Å². The molecule has 2 aromatic rings. The van der Waals surface area contributed by atoms with Gasteiger partial charge in [0.25, 0.3) is 0 Å². The number of benzene rings is 2. The summed E-state index contributed by atoms with van der Waals surface area (Å²) in [6.07, 6.45) is -4.76. The van der Waals surface area contributed by atoms with E-state index >= 15 is 0 Å². The second-order valence-corrected chi connectivity index (χ2v) is 6.80. The lowest BCUT2D eigenvalue weighted by Gasteiger charge is -2.36. The highest BCUT2D eigenvalue weighted by Gasteiger charge is 2.32. The molecule has 29 heavy (non-hydrogen) atoms. The summed E-state index contributed by atoms with van der Waals surface area (Å²) in [6.45, 7) is 4.45. The van der Waals surface area contributed by atoms with Gasteiger partial charge in [-0.1, -0.05) is 29.8 Å². The van der Waals surface area contributed by atoms with Crippen molar-refractivity contribution in [3.63, 3.8) is 0 Å². The van der Waals surface area contributed by atoms with Crippen LogP contribution in [-0.2, 0) is 0 Å². The molecule has 1 N–H and O–H groups in total. The molecule has 3 nitrogen and oxygen atoms in total. The minimum atomic E-state index is -4.76. The van der Waals surface area contributed by atoms with Crippen LogP contribution in [0.5, 0.6) is 5.75 Å². The van der Waals surface area contributed by atoms with Crippen LogP contribution in [0, 0.1) is 12.7 Å². The molecule has 0 amide bonds. The van der Waals surface area contributed by atoms with Crippen LogP contribution in [0.15, 0.2) is 36.4 Å². The summed E-state index contributed by atoms with van der Waals surface area (Å²) in [6, 6.07) is 8.26. The zero-order valence-corrected chi connectivity index (χ0v) is 17.8. The third kappa shape index (κ3) is 6.36. The summed E-state index contributed by atoms with van der Waals surface area (Å²) < 4.78 is 56.1. The van der Waals surface area contributed by atoms with Gasteiger partial charge in [-0.15, -0.1) is 38.0 Å². The van der Waals surface area contributed by atoms with Gasteiger partial charge in [-0.2, -0.15) is 0 Å². The van der Waals surface area contributed by atoms with E-state index in [1.54, 1.807) is 19.1 Å². The first kappa shape index (κ1) is 25.8. The lowest BCUT2D eigenvalue weighted by atomic mass is 9.94. The molecule has 10 heteroatoms. The van der Waals surface area contributed by atoms with Crippen molar-refractivity contribution in [3.8, 4) is 5.75 Å². The van der Waals surface area contributed by atoms with Crippen LogP contribution in [0.2, 0.25) is 5.02 Å². The fourth-order valence-corrected chi connectivity index (χ4v) is 3.53. The molecule has 0 aliphatic carbocycles. The lowest BCUT2D eigenvalue weighted by molar-refractivity contribution is -0.274. The van der Waals surface area contributed by atoms with Gasteiger partial charge < -0.3 is 10.1 Å². The fraction of sp³-hybridized carbons (Fsp3) is 0.368. The number of alkyl halides is 3. The normalized spacial score (nSPS) is 15.8. The van der Waals surface area contributed by atoms with E-state index in [4.69, 9.17) is 11.6 Å². The minimum Gasteiger partial charge on any atom is -0.406 e. The van der Waals surface area contributed by atoms with Crippen molar-refractivity contribution in [1.29, 1.82) is 0 Å². The minimum absolute atomic E-state index is 0. The predicted molar refractivity (Wildman–Crippen MR) is 110 cm³/mol. The molecule has 1 atom stereocenters. The van der Waals surface area contributed by atoms with Gasteiger partial charge in [0.05, 0.1) is 6.04 Å². The third-order valence-electron chi connectivity index (χ3n) is 4.54. The molecule has 1 saturated heterocycles. The van der Waals surface area contributed by atoms with Crippen molar-refractivity contribution in [2.45, 2.75) is 19.3 Å². The quantitative estimate of drug-likeness (QED) is 0.589. The Morgan fingerprint density at radius 2 is 1.62 bits per heavy atom. The van der Waals surface area contributed by atoms with Crippen molar-refractivity contribution in [1.82, 2.24) is 10.2 Å². The molecule has 0 bridgehead atoms. The van der Waals surface area contributed by atoms with Gasteiger partial charge in [-0.25, -0.2) is 4.39 Å². The number of nitrogens with zero attached hydrogens (tertiary/aromatic N) is 1. The summed E-state index contributed by atoms with van der Waals surface area (Å²) in [5.74, 6) is -0.720. The Labute approximate surface area is 184 Å². The number of hydrogen-bond acceptors (Lipinski definition) is 3. The molecule has 0 aromatic heterocycles. The van der Waals surface area contributed by atoms with Gasteiger partial charge >= 0.3 is 6.36 Å². The number of aryl methyl sites for hydroxylation is 1. The SMILES string of the molecule is Cc1ccc(Cl)c([C@H](c2ccc(OC(F)(F)F)cc2)N2CCNCC2)c1F.Cl.Cl. The molecular weight excluding hydrogens is 455 g/mol. The molecule has 0 saturated carbocycles. The van der Waals surface area contributed by atoms with E-state index in [0.717, 1.165) is 13.1 Å². The van der Waals surface area contributed by atoms with Crippen LogP contribution < -0.4 is 10.1 Å². The largest absolute Gasteiger partial charge is 0.573 e. The number of ether oxygens (including phenoxy) is 1. The van der Waals surface area contributed by atoms with Crippen molar-refractivity contribution < 1.29 is 22.3 Å². The van der Waals surface area contributed by atoms with E-state index in [1.165, 1.54) is 24.3 Å². The third-order valence-corrected chi connectivity index (χ3v) is 4.87. The van der Waals surface area contributed by atoms with Gasteiger partial charge in [0, 0.05) is 36.8 Å². The van der Waals surface area contributed by atoms with Crippen LogP contribution in [-0.4, -0.2) is 37.4 Å². The van der Waals surface area contributed by atoms with Gasteiger partial charge in [0.1, 0.15) is 11.6 Å². The number of nitrogens with one attached hydrogen (secondary N) is 1. The Balaban J connectivity index is 0.00000210. The van der Waals surface area contributed by atoms with Crippen molar-refractivity contribution >= 4 is 36.4 Å². The molecule has 3 rings (SSSR count). The summed E-state index contributed by atoms with van der Waals surface area (Å²) in [5, 5.41) is 3.52. The van der Waals surface area contributed by atoms with Gasteiger partial charge in [0.2, 0.25) is 0 Å². The molecule has 1 heterocycles. The van der Waals surface area contributed by atoms with E-state index in [0.29, 0.717) is 29.8 Å².